The van der Waals surface area contributed by atoms with Crippen LogP contribution in [0.4, 0.5) is 0 Å². The number of hydrogen-bond acceptors (Lipinski definition) is 2. The summed E-state index contributed by atoms with van der Waals surface area (Å²) in [6.07, 6.45) is 4.63. The van der Waals surface area contributed by atoms with Gasteiger partial charge in [0.05, 0.1) is 0 Å². The third kappa shape index (κ3) is 2.83. The van der Waals surface area contributed by atoms with Crippen LogP contribution < -0.4 is 5.32 Å². The Kier molecular flexibility index (Phi) is 3.97. The molecule has 0 aliphatic carbocycles. The van der Waals surface area contributed by atoms with E-state index in [1.54, 1.807) is 0 Å². The van der Waals surface area contributed by atoms with Crippen LogP contribution in [-0.4, -0.2) is 25.8 Å². The Morgan fingerprint density at radius 3 is 2.50 bits per heavy atom. The van der Waals surface area contributed by atoms with Crippen LogP contribution in [0.5, 0.6) is 0 Å². The SMILES string of the molecule is CNC1(CCc2ccccc2)CCOCC1. The largest absolute Gasteiger partial charge is 0.381 e. The first-order valence-electron chi connectivity index (χ1n) is 6.15. The highest BCUT2D eigenvalue weighted by Crippen LogP contribution is 2.25. The lowest BCUT2D eigenvalue weighted by atomic mass is 9.84. The van der Waals surface area contributed by atoms with E-state index in [0.29, 0.717) is 5.54 Å². The molecule has 2 nitrogen and oxygen atoms in total. The van der Waals surface area contributed by atoms with Crippen molar-refractivity contribution in [3.8, 4) is 0 Å². The predicted molar refractivity (Wildman–Crippen MR) is 66.6 cm³/mol. The number of nitrogens with one attached hydrogen (secondary N) is 1. The molecule has 2 heteroatoms. The van der Waals surface area contributed by atoms with E-state index in [-0.39, 0.29) is 0 Å². The fourth-order valence-corrected chi connectivity index (χ4v) is 2.42. The Bertz CT molecular complexity index is 304. The zero-order chi connectivity index (χ0) is 11.3. The molecule has 2 rings (SSSR count). The molecule has 0 unspecified atom stereocenters. The van der Waals surface area contributed by atoms with Crippen LogP contribution in [0.25, 0.3) is 0 Å². The van der Waals surface area contributed by atoms with Crippen LogP contribution in [0.2, 0.25) is 0 Å². The first kappa shape index (κ1) is 11.6. The van der Waals surface area contributed by atoms with Gasteiger partial charge in [-0.2, -0.15) is 0 Å². The maximum atomic E-state index is 5.44. The van der Waals surface area contributed by atoms with Gasteiger partial charge in [-0.1, -0.05) is 30.3 Å². The van der Waals surface area contributed by atoms with Gasteiger partial charge in [-0.15, -0.1) is 0 Å². The van der Waals surface area contributed by atoms with Gasteiger partial charge in [0, 0.05) is 18.8 Å². The lowest BCUT2D eigenvalue weighted by Gasteiger charge is -2.37. The van der Waals surface area contributed by atoms with Gasteiger partial charge in [0.2, 0.25) is 0 Å². The molecule has 1 aromatic rings. The molecule has 0 amide bonds. The highest BCUT2D eigenvalue weighted by molar-refractivity contribution is 5.15. The van der Waals surface area contributed by atoms with Crippen molar-refractivity contribution in [2.75, 3.05) is 20.3 Å². The standard InChI is InChI=1S/C14H21NO/c1-15-14(9-11-16-12-10-14)8-7-13-5-3-2-4-6-13/h2-6,15H,7-12H2,1H3. The van der Waals surface area contributed by atoms with Gasteiger partial charge in [0.15, 0.2) is 0 Å². The molecule has 88 valence electrons. The zero-order valence-electron chi connectivity index (χ0n) is 10.0. The molecule has 0 atom stereocenters. The third-order valence-corrected chi connectivity index (χ3v) is 3.72. The Morgan fingerprint density at radius 1 is 1.19 bits per heavy atom. The molecule has 0 bridgehead atoms. The van der Waals surface area contributed by atoms with E-state index in [4.69, 9.17) is 4.74 Å². The fraction of sp³-hybridized carbons (Fsp3) is 0.571. The van der Waals surface area contributed by atoms with Gasteiger partial charge in [-0.25, -0.2) is 0 Å². The second-order valence-electron chi connectivity index (χ2n) is 4.63. The lowest BCUT2D eigenvalue weighted by molar-refractivity contribution is 0.0379. The molecule has 1 aliphatic heterocycles. The summed E-state index contributed by atoms with van der Waals surface area (Å²) >= 11 is 0. The highest BCUT2D eigenvalue weighted by atomic mass is 16.5. The van der Waals surface area contributed by atoms with Crippen molar-refractivity contribution in [2.45, 2.75) is 31.2 Å². The van der Waals surface area contributed by atoms with Crippen LogP contribution in [0.3, 0.4) is 0 Å². The van der Waals surface area contributed by atoms with Crippen molar-refractivity contribution in [3.05, 3.63) is 35.9 Å². The minimum Gasteiger partial charge on any atom is -0.381 e. The molecule has 1 aliphatic rings. The summed E-state index contributed by atoms with van der Waals surface area (Å²) < 4.78 is 5.44. The number of hydrogen-bond donors (Lipinski definition) is 1. The van der Waals surface area contributed by atoms with Crippen molar-refractivity contribution in [1.82, 2.24) is 5.32 Å². The van der Waals surface area contributed by atoms with Gasteiger partial charge < -0.3 is 10.1 Å². The van der Waals surface area contributed by atoms with Crippen molar-refractivity contribution >= 4 is 0 Å². The average Bonchev–Trinajstić information content (AvgIpc) is 2.39. The number of benzene rings is 1. The zero-order valence-corrected chi connectivity index (χ0v) is 10.0. The van der Waals surface area contributed by atoms with E-state index in [1.165, 1.54) is 12.0 Å². The predicted octanol–water partition coefficient (Wildman–Crippen LogP) is 2.39. The quantitative estimate of drug-likeness (QED) is 0.839. The van der Waals surface area contributed by atoms with Gasteiger partial charge in [-0.05, 0) is 38.3 Å². The second-order valence-corrected chi connectivity index (χ2v) is 4.63. The maximum absolute atomic E-state index is 5.44. The summed E-state index contributed by atoms with van der Waals surface area (Å²) in [5.41, 5.74) is 1.73. The van der Waals surface area contributed by atoms with Crippen LogP contribution >= 0.6 is 0 Å². The minimum absolute atomic E-state index is 0.300. The van der Waals surface area contributed by atoms with Crippen LogP contribution in [0.1, 0.15) is 24.8 Å². The molecule has 1 N–H and O–H groups in total. The summed E-state index contributed by atoms with van der Waals surface area (Å²) in [6, 6.07) is 10.7. The summed E-state index contributed by atoms with van der Waals surface area (Å²) in [5, 5.41) is 3.51. The van der Waals surface area contributed by atoms with Gasteiger partial charge in [0.25, 0.3) is 0 Å². The van der Waals surface area contributed by atoms with Crippen LogP contribution in [0, 0.1) is 0 Å². The molecule has 1 heterocycles. The Labute approximate surface area is 98.0 Å². The molecule has 1 fully saturated rings. The highest BCUT2D eigenvalue weighted by Gasteiger charge is 2.29. The molecule has 1 saturated heterocycles. The van der Waals surface area contributed by atoms with E-state index in [0.717, 1.165) is 32.5 Å². The number of rotatable bonds is 4. The fourth-order valence-electron chi connectivity index (χ4n) is 2.42. The third-order valence-electron chi connectivity index (χ3n) is 3.72. The van der Waals surface area contributed by atoms with Crippen molar-refractivity contribution in [1.29, 1.82) is 0 Å². The Morgan fingerprint density at radius 2 is 1.88 bits per heavy atom. The summed E-state index contributed by atoms with van der Waals surface area (Å²) in [4.78, 5) is 0. The van der Waals surface area contributed by atoms with Crippen molar-refractivity contribution in [3.63, 3.8) is 0 Å². The van der Waals surface area contributed by atoms with E-state index < -0.39 is 0 Å². The number of ether oxygens (including phenoxy) is 1. The van der Waals surface area contributed by atoms with Gasteiger partial charge >= 0.3 is 0 Å². The van der Waals surface area contributed by atoms with E-state index in [1.807, 2.05) is 0 Å². The van der Waals surface area contributed by atoms with Crippen LogP contribution in [-0.2, 0) is 11.2 Å². The van der Waals surface area contributed by atoms with E-state index in [2.05, 4.69) is 42.7 Å². The molecular formula is C14H21NO. The molecule has 0 aromatic heterocycles. The lowest BCUT2D eigenvalue weighted by Crippen LogP contribution is -2.47. The summed E-state index contributed by atoms with van der Waals surface area (Å²) in [5.74, 6) is 0. The molecule has 0 spiro atoms. The second kappa shape index (κ2) is 5.46. The smallest absolute Gasteiger partial charge is 0.0483 e. The van der Waals surface area contributed by atoms with Gasteiger partial charge in [0.1, 0.15) is 0 Å². The molecule has 0 radical (unpaired) electrons. The minimum atomic E-state index is 0.300. The van der Waals surface area contributed by atoms with Crippen LogP contribution in [0.15, 0.2) is 30.3 Å². The Balaban J connectivity index is 1.92. The van der Waals surface area contributed by atoms with Crippen molar-refractivity contribution in [2.24, 2.45) is 0 Å². The maximum Gasteiger partial charge on any atom is 0.0483 e. The monoisotopic (exact) mass is 219 g/mol. The number of aryl methyl sites for hydroxylation is 1. The first-order chi connectivity index (χ1) is 7.85. The molecule has 16 heavy (non-hydrogen) atoms. The normalized spacial score (nSPS) is 19.6. The first-order valence-corrected chi connectivity index (χ1v) is 6.15. The molecule has 0 saturated carbocycles. The van der Waals surface area contributed by atoms with E-state index >= 15 is 0 Å². The Hall–Kier alpha value is -0.860. The molecular weight excluding hydrogens is 198 g/mol. The summed E-state index contributed by atoms with van der Waals surface area (Å²) in [6.45, 7) is 1.80. The topological polar surface area (TPSA) is 21.3 Å². The average molecular weight is 219 g/mol. The molecule has 1 aromatic carbocycles. The van der Waals surface area contributed by atoms with Gasteiger partial charge in [-0.3, -0.25) is 0 Å². The summed E-state index contributed by atoms with van der Waals surface area (Å²) in [7, 11) is 2.08. The van der Waals surface area contributed by atoms with Crippen molar-refractivity contribution < 1.29 is 4.74 Å². The van der Waals surface area contributed by atoms with E-state index in [9.17, 15) is 0 Å².